The molecule has 0 radical (unpaired) electrons. The number of ether oxygens (including phenoxy) is 1. The number of benzene rings is 2. The van der Waals surface area contributed by atoms with Crippen molar-refractivity contribution in [1.82, 2.24) is 9.78 Å². The van der Waals surface area contributed by atoms with Crippen molar-refractivity contribution >= 4 is 5.76 Å². The normalized spacial score (nSPS) is 10.6. The lowest BCUT2D eigenvalue weighted by Crippen LogP contribution is -2.07. The van der Waals surface area contributed by atoms with Gasteiger partial charge in [0.2, 0.25) is 0 Å². The first kappa shape index (κ1) is 17.0. The Bertz CT molecular complexity index is 838. The van der Waals surface area contributed by atoms with Gasteiger partial charge in [-0.3, -0.25) is 4.68 Å². The van der Waals surface area contributed by atoms with Crippen molar-refractivity contribution in [3.05, 3.63) is 84.1 Å². The minimum atomic E-state index is -0.463. The Balaban J connectivity index is 1.96. The van der Waals surface area contributed by atoms with E-state index < -0.39 is 6.67 Å². The van der Waals surface area contributed by atoms with E-state index in [0.29, 0.717) is 24.5 Å². The first-order valence-corrected chi connectivity index (χ1v) is 8.30. The van der Waals surface area contributed by atoms with Gasteiger partial charge in [-0.25, -0.2) is 4.39 Å². The average Bonchev–Trinajstić information content (AvgIpc) is 3.07. The molecule has 0 saturated heterocycles. The molecule has 3 rings (SSSR count). The van der Waals surface area contributed by atoms with Crippen LogP contribution in [0.15, 0.2) is 67.2 Å². The molecule has 0 aliphatic rings. The second-order valence-electron chi connectivity index (χ2n) is 5.74. The van der Waals surface area contributed by atoms with Gasteiger partial charge in [0.1, 0.15) is 18.1 Å². The van der Waals surface area contributed by atoms with Crippen LogP contribution in [0.25, 0.3) is 17.0 Å². The van der Waals surface area contributed by atoms with Crippen LogP contribution in [0.5, 0.6) is 0 Å². The Morgan fingerprint density at radius 3 is 2.44 bits per heavy atom. The van der Waals surface area contributed by atoms with Crippen LogP contribution in [-0.4, -0.2) is 16.4 Å². The van der Waals surface area contributed by atoms with Crippen LogP contribution >= 0.6 is 0 Å². The van der Waals surface area contributed by atoms with Crippen molar-refractivity contribution in [1.29, 1.82) is 0 Å². The molecule has 1 heterocycles. The summed E-state index contributed by atoms with van der Waals surface area (Å²) in [5.74, 6) is 0.595. The van der Waals surface area contributed by atoms with Gasteiger partial charge >= 0.3 is 0 Å². The number of hydrogen-bond acceptors (Lipinski definition) is 2. The minimum absolute atomic E-state index is 0.463. The minimum Gasteiger partial charge on any atom is -0.492 e. The van der Waals surface area contributed by atoms with Crippen LogP contribution in [0.4, 0.5) is 4.39 Å². The van der Waals surface area contributed by atoms with E-state index in [9.17, 15) is 4.39 Å². The highest BCUT2D eigenvalue weighted by atomic mass is 19.1. The third-order valence-electron chi connectivity index (χ3n) is 3.96. The molecule has 0 bridgehead atoms. The molecule has 0 unspecified atom stereocenters. The number of halogens is 1. The van der Waals surface area contributed by atoms with E-state index in [-0.39, 0.29) is 0 Å². The summed E-state index contributed by atoms with van der Waals surface area (Å²) in [7, 11) is 0. The SMILES string of the molecule is C=C(OCC)c1cc(-c2ccc(CF)cc2)nn1Cc1ccccc1. The quantitative estimate of drug-likeness (QED) is 0.563. The van der Waals surface area contributed by atoms with E-state index in [0.717, 1.165) is 22.5 Å². The van der Waals surface area contributed by atoms with Crippen molar-refractivity contribution in [3.8, 4) is 11.3 Å². The lowest BCUT2D eigenvalue weighted by atomic mass is 10.1. The smallest absolute Gasteiger partial charge is 0.137 e. The summed E-state index contributed by atoms with van der Waals surface area (Å²) in [6.07, 6.45) is 0. The van der Waals surface area contributed by atoms with Gasteiger partial charge in [0.15, 0.2) is 0 Å². The van der Waals surface area contributed by atoms with E-state index in [2.05, 4.69) is 18.7 Å². The number of aromatic nitrogens is 2. The van der Waals surface area contributed by atoms with Crippen LogP contribution in [0.1, 0.15) is 23.7 Å². The maximum Gasteiger partial charge on any atom is 0.137 e. The molecule has 0 spiro atoms. The Morgan fingerprint density at radius 1 is 1.08 bits per heavy atom. The van der Waals surface area contributed by atoms with Gasteiger partial charge in [0, 0.05) is 5.56 Å². The highest BCUT2D eigenvalue weighted by molar-refractivity contribution is 5.65. The Hall–Kier alpha value is -2.88. The Morgan fingerprint density at radius 2 is 1.80 bits per heavy atom. The van der Waals surface area contributed by atoms with Gasteiger partial charge in [-0.2, -0.15) is 5.10 Å². The van der Waals surface area contributed by atoms with Gasteiger partial charge in [0.25, 0.3) is 0 Å². The summed E-state index contributed by atoms with van der Waals surface area (Å²) in [4.78, 5) is 0. The number of alkyl halides is 1. The maximum atomic E-state index is 12.7. The van der Waals surface area contributed by atoms with Crippen LogP contribution in [0.2, 0.25) is 0 Å². The summed E-state index contributed by atoms with van der Waals surface area (Å²) in [5.41, 5.74) is 4.41. The lowest BCUT2D eigenvalue weighted by Gasteiger charge is -2.10. The van der Waals surface area contributed by atoms with Gasteiger partial charge in [-0.05, 0) is 24.1 Å². The predicted molar refractivity (Wildman–Crippen MR) is 98.7 cm³/mol. The van der Waals surface area contributed by atoms with Crippen LogP contribution in [0.3, 0.4) is 0 Å². The molecule has 3 aromatic rings. The lowest BCUT2D eigenvalue weighted by molar-refractivity contribution is 0.295. The predicted octanol–water partition coefficient (Wildman–Crippen LogP) is 5.08. The second-order valence-corrected chi connectivity index (χ2v) is 5.74. The summed E-state index contributed by atoms with van der Waals surface area (Å²) in [6.45, 7) is 6.67. The fourth-order valence-corrected chi connectivity index (χ4v) is 2.67. The molecule has 0 saturated carbocycles. The van der Waals surface area contributed by atoms with Crippen LogP contribution in [0, 0.1) is 0 Å². The van der Waals surface area contributed by atoms with Crippen molar-refractivity contribution < 1.29 is 9.13 Å². The highest BCUT2D eigenvalue weighted by Crippen LogP contribution is 2.24. The monoisotopic (exact) mass is 336 g/mol. The number of rotatable bonds is 7. The second kappa shape index (κ2) is 7.79. The molecule has 25 heavy (non-hydrogen) atoms. The fourth-order valence-electron chi connectivity index (χ4n) is 2.67. The van der Waals surface area contributed by atoms with E-state index in [1.807, 2.05) is 48.0 Å². The summed E-state index contributed by atoms with van der Waals surface area (Å²) < 4.78 is 20.2. The molecule has 0 fully saturated rings. The van der Waals surface area contributed by atoms with Gasteiger partial charge < -0.3 is 4.74 Å². The van der Waals surface area contributed by atoms with E-state index in [4.69, 9.17) is 9.84 Å². The van der Waals surface area contributed by atoms with E-state index >= 15 is 0 Å². The zero-order chi connectivity index (χ0) is 17.6. The third kappa shape index (κ3) is 3.97. The van der Waals surface area contributed by atoms with Crippen LogP contribution in [-0.2, 0) is 18.0 Å². The molecule has 1 aromatic heterocycles. The van der Waals surface area contributed by atoms with Crippen molar-refractivity contribution in [3.63, 3.8) is 0 Å². The summed E-state index contributed by atoms with van der Waals surface area (Å²) in [5, 5.41) is 4.72. The van der Waals surface area contributed by atoms with Gasteiger partial charge in [-0.1, -0.05) is 61.2 Å². The van der Waals surface area contributed by atoms with E-state index in [1.165, 1.54) is 0 Å². The molecule has 0 N–H and O–H groups in total. The molecule has 0 aliphatic carbocycles. The third-order valence-corrected chi connectivity index (χ3v) is 3.96. The van der Waals surface area contributed by atoms with Crippen LogP contribution < -0.4 is 0 Å². The molecular formula is C21H21FN2O. The van der Waals surface area contributed by atoms with Crippen molar-refractivity contribution in [2.24, 2.45) is 0 Å². The molecule has 3 nitrogen and oxygen atoms in total. The van der Waals surface area contributed by atoms with E-state index in [1.54, 1.807) is 12.1 Å². The Kier molecular flexibility index (Phi) is 5.29. The first-order valence-electron chi connectivity index (χ1n) is 8.30. The highest BCUT2D eigenvalue weighted by Gasteiger charge is 2.13. The standard InChI is InChI=1S/C21H21FN2O/c1-3-25-16(2)21-13-20(19-11-9-17(14-22)10-12-19)23-24(21)15-18-7-5-4-6-8-18/h4-13H,2-3,14-15H2,1H3. The Labute approximate surface area is 147 Å². The number of nitrogens with zero attached hydrogens (tertiary/aromatic N) is 2. The molecule has 2 aromatic carbocycles. The first-order chi connectivity index (χ1) is 12.2. The molecule has 0 aliphatic heterocycles. The topological polar surface area (TPSA) is 27.1 Å². The fraction of sp³-hybridized carbons (Fsp3) is 0.190. The molecular weight excluding hydrogens is 315 g/mol. The molecule has 128 valence electrons. The van der Waals surface area contributed by atoms with Crippen molar-refractivity contribution in [2.45, 2.75) is 20.1 Å². The summed E-state index contributed by atoms with van der Waals surface area (Å²) >= 11 is 0. The summed E-state index contributed by atoms with van der Waals surface area (Å²) in [6, 6.07) is 19.4. The molecule has 0 amide bonds. The molecule has 0 atom stereocenters. The maximum absolute atomic E-state index is 12.7. The average molecular weight is 336 g/mol. The largest absolute Gasteiger partial charge is 0.492 e. The number of hydrogen-bond donors (Lipinski definition) is 0. The van der Waals surface area contributed by atoms with Crippen molar-refractivity contribution in [2.75, 3.05) is 6.61 Å². The van der Waals surface area contributed by atoms with Gasteiger partial charge in [0.05, 0.1) is 18.8 Å². The zero-order valence-electron chi connectivity index (χ0n) is 14.3. The van der Waals surface area contributed by atoms with Gasteiger partial charge in [-0.15, -0.1) is 0 Å². The zero-order valence-corrected chi connectivity index (χ0v) is 14.3. The molecule has 4 heteroatoms.